The molecular formula is C13H23N3O. The van der Waals surface area contributed by atoms with Gasteiger partial charge in [0.1, 0.15) is 12.2 Å². The highest BCUT2D eigenvalue weighted by molar-refractivity contribution is 4.91. The van der Waals surface area contributed by atoms with E-state index in [1.54, 1.807) is 6.33 Å². The van der Waals surface area contributed by atoms with Crippen LogP contribution in [0.25, 0.3) is 0 Å². The molecule has 0 bridgehead atoms. The van der Waals surface area contributed by atoms with Gasteiger partial charge in [-0.1, -0.05) is 19.3 Å². The Morgan fingerprint density at radius 1 is 1.35 bits per heavy atom. The molecular weight excluding hydrogens is 214 g/mol. The number of hydrogen-bond acceptors (Lipinski definition) is 3. The molecule has 1 aromatic heterocycles. The highest BCUT2D eigenvalue weighted by Gasteiger charge is 2.23. The van der Waals surface area contributed by atoms with Crippen molar-refractivity contribution in [2.45, 2.75) is 64.5 Å². The van der Waals surface area contributed by atoms with Gasteiger partial charge in [-0.2, -0.15) is 5.10 Å². The molecule has 4 nitrogen and oxygen atoms in total. The van der Waals surface area contributed by atoms with Crippen LogP contribution >= 0.6 is 0 Å². The molecule has 0 spiro atoms. The summed E-state index contributed by atoms with van der Waals surface area (Å²) in [4.78, 5) is 4.26. The number of hydrogen-bond donors (Lipinski definition) is 1. The van der Waals surface area contributed by atoms with Crippen LogP contribution in [0.5, 0.6) is 0 Å². The smallest absolute Gasteiger partial charge is 0.138 e. The topological polar surface area (TPSA) is 50.9 Å². The summed E-state index contributed by atoms with van der Waals surface area (Å²) in [5.41, 5.74) is 0. The van der Waals surface area contributed by atoms with Crippen molar-refractivity contribution in [1.82, 2.24) is 14.8 Å². The number of rotatable bonds is 4. The molecule has 1 N–H and O–H groups in total. The van der Waals surface area contributed by atoms with Crippen LogP contribution in [-0.2, 0) is 6.42 Å². The third-order valence-electron chi connectivity index (χ3n) is 3.72. The zero-order valence-electron chi connectivity index (χ0n) is 10.8. The summed E-state index contributed by atoms with van der Waals surface area (Å²) in [6.45, 7) is 4.18. The standard InChI is InChI=1S/C13H23N3O/c1-10(2)16-13(14-9-15-16)8-12(17)11-6-4-3-5-7-11/h9-12,17H,3-8H2,1-2H3. The summed E-state index contributed by atoms with van der Waals surface area (Å²) < 4.78 is 1.91. The van der Waals surface area contributed by atoms with E-state index in [1.807, 2.05) is 4.68 Å². The van der Waals surface area contributed by atoms with Crippen LogP contribution in [-0.4, -0.2) is 26.0 Å². The van der Waals surface area contributed by atoms with Crippen LogP contribution in [0.1, 0.15) is 57.8 Å². The van der Waals surface area contributed by atoms with Gasteiger partial charge in [0, 0.05) is 12.5 Å². The van der Waals surface area contributed by atoms with Crippen molar-refractivity contribution in [3.8, 4) is 0 Å². The van der Waals surface area contributed by atoms with Gasteiger partial charge in [-0.25, -0.2) is 9.67 Å². The Balaban J connectivity index is 1.97. The minimum atomic E-state index is -0.253. The molecule has 1 aliphatic rings. The second kappa shape index (κ2) is 5.63. The average molecular weight is 237 g/mol. The number of aliphatic hydroxyl groups excluding tert-OH is 1. The quantitative estimate of drug-likeness (QED) is 0.874. The fraction of sp³-hybridized carbons (Fsp3) is 0.846. The monoisotopic (exact) mass is 237 g/mol. The Kier molecular flexibility index (Phi) is 4.15. The van der Waals surface area contributed by atoms with Gasteiger partial charge < -0.3 is 5.11 Å². The second-order valence-corrected chi connectivity index (χ2v) is 5.38. The van der Waals surface area contributed by atoms with E-state index >= 15 is 0 Å². The molecule has 0 aliphatic heterocycles. The molecule has 0 saturated heterocycles. The highest BCUT2D eigenvalue weighted by Crippen LogP contribution is 2.27. The molecule has 1 heterocycles. The Morgan fingerprint density at radius 2 is 2.06 bits per heavy atom. The second-order valence-electron chi connectivity index (χ2n) is 5.38. The average Bonchev–Trinajstić information content (AvgIpc) is 2.78. The van der Waals surface area contributed by atoms with Gasteiger partial charge in [-0.3, -0.25) is 0 Å². The van der Waals surface area contributed by atoms with E-state index in [1.165, 1.54) is 19.3 Å². The van der Waals surface area contributed by atoms with E-state index in [0.717, 1.165) is 18.7 Å². The fourth-order valence-corrected chi connectivity index (χ4v) is 2.72. The highest BCUT2D eigenvalue weighted by atomic mass is 16.3. The molecule has 2 rings (SSSR count). The van der Waals surface area contributed by atoms with Crippen molar-refractivity contribution in [3.05, 3.63) is 12.2 Å². The lowest BCUT2D eigenvalue weighted by atomic mass is 9.84. The Labute approximate surface area is 103 Å². The summed E-state index contributed by atoms with van der Waals surface area (Å²) in [7, 11) is 0. The van der Waals surface area contributed by atoms with Crippen LogP contribution in [0.15, 0.2) is 6.33 Å². The first kappa shape index (κ1) is 12.6. The van der Waals surface area contributed by atoms with Gasteiger partial charge in [0.25, 0.3) is 0 Å². The molecule has 0 aromatic carbocycles. The molecule has 0 amide bonds. The largest absolute Gasteiger partial charge is 0.392 e. The summed E-state index contributed by atoms with van der Waals surface area (Å²) in [5, 5.41) is 14.5. The lowest BCUT2D eigenvalue weighted by Gasteiger charge is -2.26. The number of nitrogens with zero attached hydrogens (tertiary/aromatic N) is 3. The first-order valence-electron chi connectivity index (χ1n) is 6.75. The summed E-state index contributed by atoms with van der Waals surface area (Å²) in [6, 6.07) is 0.311. The maximum atomic E-state index is 10.3. The Hall–Kier alpha value is -0.900. The zero-order chi connectivity index (χ0) is 12.3. The van der Waals surface area contributed by atoms with Crippen molar-refractivity contribution in [3.63, 3.8) is 0 Å². The Bertz CT molecular complexity index is 342. The van der Waals surface area contributed by atoms with E-state index in [2.05, 4.69) is 23.9 Å². The lowest BCUT2D eigenvalue weighted by molar-refractivity contribution is 0.0820. The fourth-order valence-electron chi connectivity index (χ4n) is 2.72. The van der Waals surface area contributed by atoms with Gasteiger partial charge in [-0.15, -0.1) is 0 Å². The van der Waals surface area contributed by atoms with E-state index in [4.69, 9.17) is 0 Å². The predicted octanol–water partition coefficient (Wildman–Crippen LogP) is 2.34. The van der Waals surface area contributed by atoms with E-state index in [9.17, 15) is 5.11 Å². The molecule has 1 aliphatic carbocycles. The first-order valence-corrected chi connectivity index (χ1v) is 6.75. The number of aliphatic hydroxyl groups is 1. The molecule has 1 unspecified atom stereocenters. The first-order chi connectivity index (χ1) is 8.18. The van der Waals surface area contributed by atoms with Crippen molar-refractivity contribution in [2.24, 2.45) is 5.92 Å². The van der Waals surface area contributed by atoms with Crippen LogP contribution < -0.4 is 0 Å². The van der Waals surface area contributed by atoms with Crippen LogP contribution in [0.3, 0.4) is 0 Å². The predicted molar refractivity (Wildman–Crippen MR) is 66.7 cm³/mol. The zero-order valence-corrected chi connectivity index (χ0v) is 10.8. The van der Waals surface area contributed by atoms with Crippen LogP contribution in [0.4, 0.5) is 0 Å². The van der Waals surface area contributed by atoms with Gasteiger partial charge in [0.15, 0.2) is 0 Å². The van der Waals surface area contributed by atoms with E-state index in [-0.39, 0.29) is 6.10 Å². The molecule has 1 fully saturated rings. The van der Waals surface area contributed by atoms with Gasteiger partial charge >= 0.3 is 0 Å². The lowest BCUT2D eigenvalue weighted by Crippen LogP contribution is -2.26. The molecule has 1 atom stereocenters. The molecule has 1 saturated carbocycles. The maximum absolute atomic E-state index is 10.3. The maximum Gasteiger partial charge on any atom is 0.138 e. The van der Waals surface area contributed by atoms with Crippen molar-refractivity contribution < 1.29 is 5.11 Å². The summed E-state index contributed by atoms with van der Waals surface area (Å²) in [6.07, 6.45) is 8.15. The SMILES string of the molecule is CC(C)n1ncnc1CC(O)C1CCCCC1. The molecule has 1 aromatic rings. The molecule has 0 radical (unpaired) electrons. The van der Waals surface area contributed by atoms with Gasteiger partial charge in [0.2, 0.25) is 0 Å². The third kappa shape index (κ3) is 3.06. The van der Waals surface area contributed by atoms with Crippen molar-refractivity contribution in [1.29, 1.82) is 0 Å². The van der Waals surface area contributed by atoms with Crippen molar-refractivity contribution in [2.75, 3.05) is 0 Å². The molecule has 4 heteroatoms. The summed E-state index contributed by atoms with van der Waals surface area (Å²) >= 11 is 0. The molecule has 17 heavy (non-hydrogen) atoms. The Morgan fingerprint density at radius 3 is 2.71 bits per heavy atom. The number of aromatic nitrogens is 3. The molecule has 96 valence electrons. The van der Waals surface area contributed by atoms with E-state index < -0.39 is 0 Å². The van der Waals surface area contributed by atoms with Crippen LogP contribution in [0, 0.1) is 5.92 Å². The van der Waals surface area contributed by atoms with E-state index in [0.29, 0.717) is 18.4 Å². The minimum Gasteiger partial charge on any atom is -0.392 e. The van der Waals surface area contributed by atoms with Gasteiger partial charge in [0.05, 0.1) is 6.10 Å². The summed E-state index contributed by atoms with van der Waals surface area (Å²) in [5.74, 6) is 1.37. The normalized spacial score (nSPS) is 19.8. The van der Waals surface area contributed by atoms with Crippen molar-refractivity contribution >= 4 is 0 Å². The van der Waals surface area contributed by atoms with Crippen LogP contribution in [0.2, 0.25) is 0 Å². The minimum absolute atomic E-state index is 0.253. The van der Waals surface area contributed by atoms with Gasteiger partial charge in [-0.05, 0) is 32.6 Å². The third-order valence-corrected chi connectivity index (χ3v) is 3.72.